The highest BCUT2D eigenvalue weighted by atomic mass is 16.5. The highest BCUT2D eigenvalue weighted by molar-refractivity contribution is 5.91. The van der Waals surface area contributed by atoms with Crippen molar-refractivity contribution in [1.29, 1.82) is 0 Å². The number of rotatable bonds is 1. The van der Waals surface area contributed by atoms with Gasteiger partial charge in [0.25, 0.3) is 0 Å². The van der Waals surface area contributed by atoms with E-state index in [1.165, 1.54) is 5.57 Å². The highest BCUT2D eigenvalue weighted by Crippen LogP contribution is 2.34. The monoisotopic (exact) mass is 248 g/mol. The van der Waals surface area contributed by atoms with Crippen molar-refractivity contribution in [2.45, 2.75) is 38.7 Å². The first-order valence-electron chi connectivity index (χ1n) is 6.47. The molecule has 0 aromatic rings. The summed E-state index contributed by atoms with van der Waals surface area (Å²) < 4.78 is 5.33. The summed E-state index contributed by atoms with van der Waals surface area (Å²) in [6.07, 6.45) is 7.50. The van der Waals surface area contributed by atoms with Crippen LogP contribution in [0, 0.1) is 5.92 Å². The molecule has 0 amide bonds. The van der Waals surface area contributed by atoms with Crippen LogP contribution in [0.1, 0.15) is 32.6 Å². The van der Waals surface area contributed by atoms with Crippen molar-refractivity contribution in [1.82, 2.24) is 0 Å². The fraction of sp³-hybridized carbons (Fsp3) is 0.533. The number of carbonyl (C=O) groups is 1. The molecule has 0 unspecified atom stereocenters. The third kappa shape index (κ3) is 2.72. The van der Waals surface area contributed by atoms with Crippen molar-refractivity contribution < 1.29 is 14.6 Å². The summed E-state index contributed by atoms with van der Waals surface area (Å²) in [4.78, 5) is 11.6. The van der Waals surface area contributed by atoms with Crippen LogP contribution in [-0.2, 0) is 9.53 Å². The summed E-state index contributed by atoms with van der Waals surface area (Å²) in [6.45, 7) is 5.97. The molecule has 1 saturated heterocycles. The molecule has 2 atom stereocenters. The van der Waals surface area contributed by atoms with Gasteiger partial charge in [-0.2, -0.15) is 0 Å². The van der Waals surface area contributed by atoms with Crippen LogP contribution >= 0.6 is 0 Å². The Kier molecular flexibility index (Phi) is 4.02. The second-order valence-corrected chi connectivity index (χ2v) is 5.11. The third-order valence-corrected chi connectivity index (χ3v) is 3.76. The second kappa shape index (κ2) is 5.53. The van der Waals surface area contributed by atoms with Gasteiger partial charge in [-0.05, 0) is 44.3 Å². The summed E-state index contributed by atoms with van der Waals surface area (Å²) >= 11 is 0. The van der Waals surface area contributed by atoms with E-state index in [1.807, 2.05) is 6.08 Å². The van der Waals surface area contributed by atoms with Gasteiger partial charge in [0.05, 0.1) is 6.61 Å². The van der Waals surface area contributed by atoms with E-state index in [4.69, 9.17) is 4.74 Å². The van der Waals surface area contributed by atoms with E-state index in [9.17, 15) is 9.90 Å². The van der Waals surface area contributed by atoms with Gasteiger partial charge in [-0.25, -0.2) is 4.79 Å². The number of aliphatic hydroxyl groups is 1. The molecule has 1 aliphatic carbocycles. The van der Waals surface area contributed by atoms with E-state index in [0.29, 0.717) is 5.57 Å². The highest BCUT2D eigenvalue weighted by Gasteiger charge is 2.37. The summed E-state index contributed by atoms with van der Waals surface area (Å²) in [7, 11) is 0. The van der Waals surface area contributed by atoms with Gasteiger partial charge in [0.2, 0.25) is 0 Å². The fourth-order valence-corrected chi connectivity index (χ4v) is 2.56. The molecule has 0 bridgehead atoms. The van der Waals surface area contributed by atoms with Crippen LogP contribution in [-0.4, -0.2) is 23.8 Å². The molecule has 0 saturated carbocycles. The molecule has 3 nitrogen and oxygen atoms in total. The van der Waals surface area contributed by atoms with E-state index in [-0.39, 0.29) is 24.6 Å². The number of ether oxygens (including phenoxy) is 1. The molecule has 0 aromatic carbocycles. The van der Waals surface area contributed by atoms with Gasteiger partial charge >= 0.3 is 5.97 Å². The molecule has 0 aromatic heterocycles. The maximum Gasteiger partial charge on any atom is 0.334 e. The molecule has 98 valence electrons. The Bertz CT molecular complexity index is 417. The Labute approximate surface area is 108 Å². The largest absolute Gasteiger partial charge is 0.454 e. The Morgan fingerprint density at radius 1 is 1.50 bits per heavy atom. The lowest BCUT2D eigenvalue weighted by molar-refractivity contribution is -0.137. The van der Waals surface area contributed by atoms with E-state index < -0.39 is 0 Å². The van der Waals surface area contributed by atoms with Gasteiger partial charge in [-0.1, -0.05) is 18.2 Å². The molecule has 3 heteroatoms. The van der Waals surface area contributed by atoms with Crippen LogP contribution < -0.4 is 0 Å². The molecule has 18 heavy (non-hydrogen) atoms. The predicted molar refractivity (Wildman–Crippen MR) is 69.9 cm³/mol. The van der Waals surface area contributed by atoms with Gasteiger partial charge in [-0.15, -0.1) is 0 Å². The van der Waals surface area contributed by atoms with Gasteiger partial charge in [0.1, 0.15) is 6.10 Å². The lowest BCUT2D eigenvalue weighted by atomic mass is 9.88. The maximum atomic E-state index is 11.6. The van der Waals surface area contributed by atoms with Gasteiger partial charge < -0.3 is 9.84 Å². The quantitative estimate of drug-likeness (QED) is 0.440. The van der Waals surface area contributed by atoms with Crippen molar-refractivity contribution in [2.75, 3.05) is 6.61 Å². The van der Waals surface area contributed by atoms with Crippen LogP contribution in [0.2, 0.25) is 0 Å². The number of allylic oxidation sites excluding steroid dienone is 2. The average molecular weight is 248 g/mol. The van der Waals surface area contributed by atoms with Gasteiger partial charge in [0, 0.05) is 11.5 Å². The summed E-state index contributed by atoms with van der Waals surface area (Å²) in [5.74, 6) is -0.236. The Morgan fingerprint density at radius 3 is 3.00 bits per heavy atom. The zero-order chi connectivity index (χ0) is 13.1. The van der Waals surface area contributed by atoms with Crippen LogP contribution in [0.25, 0.3) is 0 Å². The van der Waals surface area contributed by atoms with Crippen LogP contribution in [0.4, 0.5) is 0 Å². The molecule has 1 N–H and O–H groups in total. The third-order valence-electron chi connectivity index (χ3n) is 3.76. The lowest BCUT2D eigenvalue weighted by Gasteiger charge is -2.17. The minimum atomic E-state index is -0.292. The number of carbonyl (C=O) groups excluding carboxylic acids is 1. The van der Waals surface area contributed by atoms with E-state index >= 15 is 0 Å². The van der Waals surface area contributed by atoms with Crippen LogP contribution in [0.3, 0.4) is 0 Å². The Balaban J connectivity index is 2.26. The molecule has 1 heterocycles. The van der Waals surface area contributed by atoms with Gasteiger partial charge in [0.15, 0.2) is 0 Å². The lowest BCUT2D eigenvalue weighted by Crippen LogP contribution is -2.16. The summed E-state index contributed by atoms with van der Waals surface area (Å²) in [6, 6.07) is 0. The van der Waals surface area contributed by atoms with E-state index in [2.05, 4.69) is 19.6 Å². The number of hydrogen-bond acceptors (Lipinski definition) is 3. The Hall–Kier alpha value is -1.35. The topological polar surface area (TPSA) is 46.5 Å². The van der Waals surface area contributed by atoms with Crippen molar-refractivity contribution in [2.24, 2.45) is 5.92 Å². The first-order valence-corrected chi connectivity index (χ1v) is 6.47. The SMILES string of the molecule is C=C1C(=O)O[C@H]2/C=C(\CO)CC/C=C(\C)CC[C@H]12. The number of fused-ring (bicyclic) bond motifs is 1. The second-order valence-electron chi connectivity index (χ2n) is 5.11. The molecular weight excluding hydrogens is 228 g/mol. The van der Waals surface area contributed by atoms with Crippen molar-refractivity contribution in [3.63, 3.8) is 0 Å². The number of aliphatic hydroxyl groups excluding tert-OH is 1. The number of hydrogen-bond donors (Lipinski definition) is 1. The zero-order valence-electron chi connectivity index (χ0n) is 10.8. The predicted octanol–water partition coefficient (Wildman–Crippen LogP) is 2.52. The van der Waals surface area contributed by atoms with Crippen molar-refractivity contribution in [3.05, 3.63) is 35.5 Å². The Morgan fingerprint density at radius 2 is 2.28 bits per heavy atom. The molecule has 2 aliphatic rings. The molecule has 1 aliphatic heterocycles. The first kappa shape index (κ1) is 13.1. The van der Waals surface area contributed by atoms with E-state index in [1.54, 1.807) is 0 Å². The average Bonchev–Trinajstić information content (AvgIpc) is 2.61. The van der Waals surface area contributed by atoms with E-state index in [0.717, 1.165) is 31.3 Å². The normalized spacial score (nSPS) is 35.0. The number of esters is 1. The maximum absolute atomic E-state index is 11.6. The minimum Gasteiger partial charge on any atom is -0.454 e. The zero-order valence-corrected chi connectivity index (χ0v) is 10.8. The van der Waals surface area contributed by atoms with Crippen molar-refractivity contribution in [3.8, 4) is 0 Å². The molecule has 0 spiro atoms. The molecule has 1 fully saturated rings. The molecular formula is C15H20O3. The molecule has 2 rings (SSSR count). The molecule has 0 radical (unpaired) electrons. The fourth-order valence-electron chi connectivity index (χ4n) is 2.56. The standard InChI is InChI=1S/C15H20O3/c1-10-4-3-5-12(9-16)8-14-13(7-6-10)11(2)15(17)18-14/h4,8,13-14,16H,2-3,5-7,9H2,1H3/b10-4+,12-8-/t13-,14+/m1/s1. The summed E-state index contributed by atoms with van der Waals surface area (Å²) in [5, 5.41) is 9.34. The van der Waals surface area contributed by atoms with Crippen LogP contribution in [0.5, 0.6) is 0 Å². The minimum absolute atomic E-state index is 0.0279. The smallest absolute Gasteiger partial charge is 0.334 e. The first-order chi connectivity index (χ1) is 8.61. The summed E-state index contributed by atoms with van der Waals surface area (Å²) in [5.41, 5.74) is 2.85. The van der Waals surface area contributed by atoms with Gasteiger partial charge in [-0.3, -0.25) is 0 Å². The van der Waals surface area contributed by atoms with Crippen molar-refractivity contribution >= 4 is 5.97 Å². The van der Waals surface area contributed by atoms with Crippen LogP contribution in [0.15, 0.2) is 35.5 Å².